The zero-order valence-electron chi connectivity index (χ0n) is 13.3. The summed E-state index contributed by atoms with van der Waals surface area (Å²) in [5, 5.41) is 2.89. The van der Waals surface area contributed by atoms with E-state index in [2.05, 4.69) is 10.3 Å². The van der Waals surface area contributed by atoms with E-state index in [9.17, 15) is 9.59 Å². The molecule has 2 atom stereocenters. The molecule has 21 heavy (non-hydrogen) atoms. The van der Waals surface area contributed by atoms with E-state index in [0.29, 0.717) is 24.5 Å². The molecule has 1 aliphatic heterocycles. The Balaban J connectivity index is 2.39. The van der Waals surface area contributed by atoms with Gasteiger partial charge in [0.1, 0.15) is 23.4 Å². The van der Waals surface area contributed by atoms with Crippen LogP contribution in [-0.2, 0) is 9.59 Å². The Morgan fingerprint density at radius 1 is 1.43 bits per heavy atom. The van der Waals surface area contributed by atoms with Gasteiger partial charge < -0.3 is 14.6 Å². The van der Waals surface area contributed by atoms with E-state index < -0.39 is 11.6 Å². The molecule has 0 radical (unpaired) electrons. The van der Waals surface area contributed by atoms with Crippen LogP contribution in [0.1, 0.15) is 58.2 Å². The number of hydrogen-bond acceptors (Lipinski definition) is 4. The molecule has 0 spiro atoms. The van der Waals surface area contributed by atoms with E-state index in [1.54, 1.807) is 24.9 Å². The van der Waals surface area contributed by atoms with Crippen LogP contribution in [0.4, 0.5) is 0 Å². The summed E-state index contributed by atoms with van der Waals surface area (Å²) in [6.45, 7) is 9.20. The molecule has 1 N–H and O–H groups in total. The number of nitrogens with one attached hydrogen (secondary N) is 1. The van der Waals surface area contributed by atoms with Crippen molar-refractivity contribution in [2.45, 2.75) is 65.1 Å². The lowest BCUT2D eigenvalue weighted by molar-refractivity contribution is -0.158. The van der Waals surface area contributed by atoms with Gasteiger partial charge in [-0.2, -0.15) is 0 Å². The Hall–Kier alpha value is -1.85. The van der Waals surface area contributed by atoms with Crippen LogP contribution in [0.3, 0.4) is 0 Å². The minimum absolute atomic E-state index is 0.0667. The Labute approximate surface area is 124 Å². The smallest absolute Gasteiger partial charge is 0.249 e. The molecular weight excluding hydrogens is 270 g/mol. The average Bonchev–Trinajstić information content (AvgIpc) is 2.90. The molecule has 2 amide bonds. The second-order valence-electron chi connectivity index (χ2n) is 5.65. The monoisotopic (exact) mass is 293 g/mol. The highest BCUT2D eigenvalue weighted by Crippen LogP contribution is 2.31. The predicted octanol–water partition coefficient (Wildman–Crippen LogP) is 1.95. The SMILES string of the molecule is CCC1(CC)NC(=O)C(C)N(C(C)c2ncc(C)o2)C1=O. The van der Waals surface area contributed by atoms with Crippen LogP contribution in [0.25, 0.3) is 0 Å². The van der Waals surface area contributed by atoms with Gasteiger partial charge in [-0.3, -0.25) is 9.59 Å². The van der Waals surface area contributed by atoms with Crippen LogP contribution < -0.4 is 5.32 Å². The summed E-state index contributed by atoms with van der Waals surface area (Å²) in [6, 6.07) is -0.907. The van der Waals surface area contributed by atoms with Crippen molar-refractivity contribution in [2.24, 2.45) is 0 Å². The molecule has 2 unspecified atom stereocenters. The minimum Gasteiger partial charge on any atom is -0.444 e. The van der Waals surface area contributed by atoms with Gasteiger partial charge in [-0.05, 0) is 33.6 Å². The zero-order chi connectivity index (χ0) is 15.8. The van der Waals surface area contributed by atoms with Gasteiger partial charge >= 0.3 is 0 Å². The van der Waals surface area contributed by atoms with E-state index in [4.69, 9.17) is 4.42 Å². The predicted molar refractivity (Wildman–Crippen MR) is 77.4 cm³/mol. The molecule has 2 heterocycles. The first-order valence-corrected chi connectivity index (χ1v) is 7.43. The van der Waals surface area contributed by atoms with Gasteiger partial charge in [0.2, 0.25) is 17.7 Å². The summed E-state index contributed by atoms with van der Waals surface area (Å²) in [7, 11) is 0. The van der Waals surface area contributed by atoms with E-state index in [-0.39, 0.29) is 17.9 Å². The third-order valence-electron chi connectivity index (χ3n) is 4.42. The largest absolute Gasteiger partial charge is 0.444 e. The molecule has 6 nitrogen and oxygen atoms in total. The quantitative estimate of drug-likeness (QED) is 0.920. The lowest BCUT2D eigenvalue weighted by Gasteiger charge is -2.46. The molecule has 0 aromatic carbocycles. The van der Waals surface area contributed by atoms with E-state index in [1.807, 2.05) is 20.8 Å². The Bertz CT molecular complexity index is 548. The maximum Gasteiger partial charge on any atom is 0.249 e. The van der Waals surface area contributed by atoms with Crippen molar-refractivity contribution < 1.29 is 14.0 Å². The van der Waals surface area contributed by atoms with Crippen LogP contribution >= 0.6 is 0 Å². The highest BCUT2D eigenvalue weighted by atomic mass is 16.4. The van der Waals surface area contributed by atoms with Gasteiger partial charge in [-0.25, -0.2) is 4.98 Å². The lowest BCUT2D eigenvalue weighted by atomic mass is 9.86. The Morgan fingerprint density at radius 2 is 2.05 bits per heavy atom. The Kier molecular flexibility index (Phi) is 4.07. The van der Waals surface area contributed by atoms with Crippen molar-refractivity contribution in [1.29, 1.82) is 0 Å². The van der Waals surface area contributed by atoms with E-state index >= 15 is 0 Å². The van der Waals surface area contributed by atoms with Crippen molar-refractivity contribution >= 4 is 11.8 Å². The number of piperazine rings is 1. The van der Waals surface area contributed by atoms with Crippen molar-refractivity contribution in [3.05, 3.63) is 17.8 Å². The molecular formula is C15H23N3O3. The van der Waals surface area contributed by atoms with Gasteiger partial charge in [-0.1, -0.05) is 13.8 Å². The van der Waals surface area contributed by atoms with Gasteiger partial charge in [-0.15, -0.1) is 0 Å². The maximum absolute atomic E-state index is 12.9. The molecule has 2 rings (SSSR count). The number of amides is 2. The number of rotatable bonds is 4. The number of hydrogen-bond donors (Lipinski definition) is 1. The Morgan fingerprint density at radius 3 is 2.52 bits per heavy atom. The van der Waals surface area contributed by atoms with Crippen LogP contribution in [0.2, 0.25) is 0 Å². The normalized spacial score (nSPS) is 23.1. The van der Waals surface area contributed by atoms with Crippen LogP contribution in [-0.4, -0.2) is 33.3 Å². The van der Waals surface area contributed by atoms with Crippen LogP contribution in [0, 0.1) is 6.92 Å². The fourth-order valence-electron chi connectivity index (χ4n) is 2.87. The van der Waals surface area contributed by atoms with Crippen molar-refractivity contribution in [1.82, 2.24) is 15.2 Å². The number of carbonyl (C=O) groups is 2. The van der Waals surface area contributed by atoms with Crippen LogP contribution in [0.15, 0.2) is 10.6 Å². The zero-order valence-corrected chi connectivity index (χ0v) is 13.3. The van der Waals surface area contributed by atoms with Gasteiger partial charge in [0.15, 0.2) is 0 Å². The first-order chi connectivity index (χ1) is 9.86. The number of oxazole rings is 1. The summed E-state index contributed by atoms with van der Waals surface area (Å²) in [4.78, 5) is 31.0. The van der Waals surface area contributed by atoms with Crippen molar-refractivity contribution in [3.63, 3.8) is 0 Å². The number of carbonyl (C=O) groups excluding carboxylic acids is 2. The summed E-state index contributed by atoms with van der Waals surface area (Å²) in [6.07, 6.45) is 2.75. The average molecular weight is 293 g/mol. The molecule has 6 heteroatoms. The highest BCUT2D eigenvalue weighted by molar-refractivity contribution is 5.99. The van der Waals surface area contributed by atoms with Crippen LogP contribution in [0.5, 0.6) is 0 Å². The topological polar surface area (TPSA) is 75.4 Å². The second-order valence-corrected chi connectivity index (χ2v) is 5.65. The third kappa shape index (κ3) is 2.43. The summed E-state index contributed by atoms with van der Waals surface area (Å²) >= 11 is 0. The summed E-state index contributed by atoms with van der Waals surface area (Å²) in [5.74, 6) is 0.954. The fraction of sp³-hybridized carbons (Fsp3) is 0.667. The molecule has 1 fully saturated rings. The molecule has 0 aliphatic carbocycles. The lowest BCUT2D eigenvalue weighted by Crippen LogP contribution is -2.69. The molecule has 0 bridgehead atoms. The number of nitrogens with zero attached hydrogens (tertiary/aromatic N) is 2. The highest BCUT2D eigenvalue weighted by Gasteiger charge is 2.49. The molecule has 1 aliphatic rings. The number of aromatic nitrogens is 1. The maximum atomic E-state index is 12.9. The minimum atomic E-state index is -0.820. The van der Waals surface area contributed by atoms with E-state index in [1.165, 1.54) is 0 Å². The van der Waals surface area contributed by atoms with Crippen molar-refractivity contribution in [3.8, 4) is 0 Å². The summed E-state index contributed by atoms with van der Waals surface area (Å²) < 4.78 is 5.53. The standard InChI is InChI=1S/C15H23N3O3/c1-6-15(7-2)14(20)18(10(4)12(19)17-15)11(5)13-16-8-9(3)21-13/h8,10-11H,6-7H2,1-5H3,(H,17,19). The molecule has 1 aromatic heterocycles. The van der Waals surface area contributed by atoms with E-state index in [0.717, 1.165) is 0 Å². The number of aryl methyl sites for hydroxylation is 1. The van der Waals surface area contributed by atoms with Crippen molar-refractivity contribution in [2.75, 3.05) is 0 Å². The van der Waals surface area contributed by atoms with Gasteiger partial charge in [0.05, 0.1) is 6.20 Å². The molecule has 1 aromatic rings. The fourth-order valence-corrected chi connectivity index (χ4v) is 2.87. The molecule has 116 valence electrons. The molecule has 1 saturated heterocycles. The first-order valence-electron chi connectivity index (χ1n) is 7.43. The third-order valence-corrected chi connectivity index (χ3v) is 4.42. The summed E-state index contributed by atoms with van der Waals surface area (Å²) in [5.41, 5.74) is -0.820. The van der Waals surface area contributed by atoms with Gasteiger partial charge in [0.25, 0.3) is 0 Å². The van der Waals surface area contributed by atoms with Gasteiger partial charge in [0, 0.05) is 0 Å². The first kappa shape index (κ1) is 15.5. The second kappa shape index (κ2) is 5.50. The molecule has 0 saturated carbocycles.